The molecule has 8 nitrogen and oxygen atoms in total. The van der Waals surface area contributed by atoms with Crippen LogP contribution in [0, 0.1) is 0 Å². The second kappa shape index (κ2) is 10.1. The third-order valence-corrected chi connectivity index (χ3v) is 6.60. The summed E-state index contributed by atoms with van der Waals surface area (Å²) in [5.41, 5.74) is 2.43. The maximum absolute atomic E-state index is 13.4. The molecule has 0 saturated carbocycles. The number of carbonyl (C=O) groups is 1. The highest BCUT2D eigenvalue weighted by Crippen LogP contribution is 2.31. The van der Waals surface area contributed by atoms with Crippen LogP contribution in [-0.2, 0) is 16.1 Å². The third kappa shape index (κ3) is 4.87. The first-order valence-corrected chi connectivity index (χ1v) is 11.3. The van der Waals surface area contributed by atoms with Crippen molar-refractivity contribution in [3.05, 3.63) is 47.5 Å². The number of anilines is 1. The molecule has 1 aliphatic heterocycles. The van der Waals surface area contributed by atoms with Gasteiger partial charge in [-0.3, -0.25) is 14.6 Å². The molecule has 1 amide bonds. The fraction of sp³-hybridized carbons (Fsp3) is 0.333. The SMILES string of the molecule is Cl.O=C(Cn1nnc2ccccc21)N(CCN1CCOCC1)c1nc2ccc(Cl)cc2s1. The molecule has 11 heteroatoms. The van der Waals surface area contributed by atoms with E-state index < -0.39 is 0 Å². The topological polar surface area (TPSA) is 76.4 Å². The number of benzene rings is 2. The van der Waals surface area contributed by atoms with Crippen LogP contribution in [0.5, 0.6) is 0 Å². The number of amides is 1. The lowest BCUT2D eigenvalue weighted by atomic mass is 10.3. The van der Waals surface area contributed by atoms with E-state index in [0.29, 0.717) is 16.7 Å². The first-order chi connectivity index (χ1) is 15.2. The Hall–Kier alpha value is -2.30. The summed E-state index contributed by atoms with van der Waals surface area (Å²) in [7, 11) is 0. The number of para-hydroxylation sites is 1. The molecule has 1 aliphatic rings. The van der Waals surface area contributed by atoms with Crippen molar-refractivity contribution in [3.8, 4) is 0 Å². The van der Waals surface area contributed by atoms with Gasteiger partial charge in [0.15, 0.2) is 5.13 Å². The Morgan fingerprint density at radius 2 is 1.97 bits per heavy atom. The number of morpholine rings is 1. The maximum Gasteiger partial charge on any atom is 0.250 e. The van der Waals surface area contributed by atoms with E-state index in [1.807, 2.05) is 42.5 Å². The van der Waals surface area contributed by atoms with Gasteiger partial charge in [0.2, 0.25) is 0 Å². The zero-order valence-electron chi connectivity index (χ0n) is 17.2. The average molecular weight is 493 g/mol. The van der Waals surface area contributed by atoms with E-state index in [0.717, 1.165) is 54.1 Å². The Morgan fingerprint density at radius 1 is 1.16 bits per heavy atom. The standard InChI is InChI=1S/C21H21ClN6O2S.ClH/c22-15-5-6-17-19(13-15)31-21(23-17)27(8-7-26-9-11-30-12-10-26)20(29)14-28-18-4-2-1-3-16(18)24-25-28;/h1-6,13H,7-12,14H2;1H. The van der Waals surface area contributed by atoms with Gasteiger partial charge in [-0.1, -0.05) is 40.3 Å². The minimum absolute atomic E-state index is 0. The number of thiazole rings is 1. The summed E-state index contributed by atoms with van der Waals surface area (Å²) in [4.78, 5) is 22.2. The molecule has 0 bridgehead atoms. The molecule has 0 unspecified atom stereocenters. The number of carbonyl (C=O) groups excluding carboxylic acids is 1. The predicted octanol–water partition coefficient (Wildman–Crippen LogP) is 3.48. The van der Waals surface area contributed by atoms with Crippen molar-refractivity contribution in [2.75, 3.05) is 44.3 Å². The molecule has 4 aromatic rings. The van der Waals surface area contributed by atoms with Crippen LogP contribution in [0.1, 0.15) is 0 Å². The van der Waals surface area contributed by atoms with E-state index >= 15 is 0 Å². The molecular weight excluding hydrogens is 471 g/mol. The second-order valence-electron chi connectivity index (χ2n) is 7.34. The first kappa shape index (κ1) is 22.9. The van der Waals surface area contributed by atoms with Gasteiger partial charge in [0, 0.05) is 31.2 Å². The van der Waals surface area contributed by atoms with Crippen LogP contribution >= 0.6 is 35.3 Å². The van der Waals surface area contributed by atoms with E-state index in [1.54, 1.807) is 9.58 Å². The van der Waals surface area contributed by atoms with E-state index in [4.69, 9.17) is 21.3 Å². The predicted molar refractivity (Wildman–Crippen MR) is 129 cm³/mol. The lowest BCUT2D eigenvalue weighted by molar-refractivity contribution is -0.119. The lowest BCUT2D eigenvalue weighted by Crippen LogP contribution is -2.44. The number of aromatic nitrogens is 4. The molecule has 3 heterocycles. The third-order valence-electron chi connectivity index (χ3n) is 5.32. The molecule has 0 spiro atoms. The lowest BCUT2D eigenvalue weighted by Gasteiger charge is -2.29. The fourth-order valence-corrected chi connectivity index (χ4v) is 4.93. The summed E-state index contributed by atoms with van der Waals surface area (Å²) < 4.78 is 8.04. The van der Waals surface area contributed by atoms with Crippen molar-refractivity contribution in [3.63, 3.8) is 0 Å². The van der Waals surface area contributed by atoms with Crippen molar-refractivity contribution >= 4 is 67.6 Å². The minimum Gasteiger partial charge on any atom is -0.379 e. The average Bonchev–Trinajstić information content (AvgIpc) is 3.38. The quantitative estimate of drug-likeness (QED) is 0.410. The minimum atomic E-state index is -0.0749. The van der Waals surface area contributed by atoms with Crippen molar-refractivity contribution < 1.29 is 9.53 Å². The molecule has 0 N–H and O–H groups in total. The highest BCUT2D eigenvalue weighted by molar-refractivity contribution is 7.22. The number of nitrogens with zero attached hydrogens (tertiary/aromatic N) is 6. The Kier molecular flexibility index (Phi) is 7.22. The van der Waals surface area contributed by atoms with Crippen molar-refractivity contribution in [1.82, 2.24) is 24.9 Å². The van der Waals surface area contributed by atoms with Crippen LogP contribution in [-0.4, -0.2) is 70.2 Å². The zero-order chi connectivity index (χ0) is 21.2. The number of halogens is 2. The number of fused-ring (bicyclic) bond motifs is 2. The number of rotatable bonds is 6. The zero-order valence-corrected chi connectivity index (χ0v) is 19.6. The molecule has 2 aromatic heterocycles. The first-order valence-electron chi connectivity index (χ1n) is 10.1. The van der Waals surface area contributed by atoms with Crippen LogP contribution in [0.2, 0.25) is 5.02 Å². The molecule has 1 fully saturated rings. The molecule has 168 valence electrons. The van der Waals surface area contributed by atoms with Gasteiger partial charge < -0.3 is 4.74 Å². The van der Waals surface area contributed by atoms with Crippen molar-refractivity contribution in [2.45, 2.75) is 6.54 Å². The van der Waals surface area contributed by atoms with Crippen LogP contribution in [0.15, 0.2) is 42.5 Å². The number of hydrogen-bond donors (Lipinski definition) is 0. The summed E-state index contributed by atoms with van der Waals surface area (Å²) >= 11 is 7.62. The van der Waals surface area contributed by atoms with Gasteiger partial charge >= 0.3 is 0 Å². The van der Waals surface area contributed by atoms with Gasteiger partial charge in [0.1, 0.15) is 12.1 Å². The molecule has 0 atom stereocenters. The Morgan fingerprint density at radius 3 is 2.81 bits per heavy atom. The molecule has 0 radical (unpaired) electrons. The summed E-state index contributed by atoms with van der Waals surface area (Å²) in [5.74, 6) is -0.0749. The van der Waals surface area contributed by atoms with Gasteiger partial charge in [-0.05, 0) is 30.3 Å². The molecule has 2 aromatic carbocycles. The largest absolute Gasteiger partial charge is 0.379 e. The van der Waals surface area contributed by atoms with Gasteiger partial charge in [-0.25, -0.2) is 9.67 Å². The van der Waals surface area contributed by atoms with Crippen molar-refractivity contribution in [2.24, 2.45) is 0 Å². The highest BCUT2D eigenvalue weighted by atomic mass is 35.5. The van der Waals surface area contributed by atoms with Crippen LogP contribution in [0.3, 0.4) is 0 Å². The van der Waals surface area contributed by atoms with Crippen molar-refractivity contribution in [1.29, 1.82) is 0 Å². The van der Waals surface area contributed by atoms with Crippen LogP contribution < -0.4 is 4.90 Å². The van der Waals surface area contributed by atoms with Gasteiger partial charge in [-0.15, -0.1) is 17.5 Å². The highest BCUT2D eigenvalue weighted by Gasteiger charge is 2.23. The second-order valence-corrected chi connectivity index (χ2v) is 8.79. The Labute approximate surface area is 200 Å². The van der Waals surface area contributed by atoms with E-state index in [1.165, 1.54) is 11.3 Å². The van der Waals surface area contributed by atoms with Crippen LogP contribution in [0.4, 0.5) is 5.13 Å². The monoisotopic (exact) mass is 492 g/mol. The summed E-state index contributed by atoms with van der Waals surface area (Å²) in [6, 6.07) is 13.2. The smallest absolute Gasteiger partial charge is 0.250 e. The van der Waals surface area contributed by atoms with E-state index in [9.17, 15) is 4.79 Å². The van der Waals surface area contributed by atoms with E-state index in [-0.39, 0.29) is 24.9 Å². The Balaban J connectivity index is 0.00000245. The van der Waals surface area contributed by atoms with Crippen LogP contribution in [0.25, 0.3) is 21.3 Å². The molecule has 32 heavy (non-hydrogen) atoms. The van der Waals surface area contributed by atoms with Gasteiger partial charge in [0.25, 0.3) is 5.91 Å². The van der Waals surface area contributed by atoms with E-state index in [2.05, 4.69) is 15.2 Å². The van der Waals surface area contributed by atoms with Gasteiger partial charge in [0.05, 0.1) is 28.9 Å². The normalized spacial score (nSPS) is 14.5. The number of ether oxygens (including phenoxy) is 1. The molecular formula is C21H22Cl2N6O2S. The summed E-state index contributed by atoms with van der Waals surface area (Å²) in [6.07, 6.45) is 0. The summed E-state index contributed by atoms with van der Waals surface area (Å²) in [6.45, 7) is 4.57. The number of hydrogen-bond acceptors (Lipinski definition) is 7. The summed E-state index contributed by atoms with van der Waals surface area (Å²) in [5, 5.41) is 9.66. The Bertz CT molecular complexity index is 1220. The van der Waals surface area contributed by atoms with Gasteiger partial charge in [-0.2, -0.15) is 0 Å². The maximum atomic E-state index is 13.4. The molecule has 1 saturated heterocycles. The molecule has 5 rings (SSSR count). The molecule has 0 aliphatic carbocycles. The fourth-order valence-electron chi connectivity index (χ4n) is 3.64.